The van der Waals surface area contributed by atoms with Crippen LogP contribution in [0.3, 0.4) is 0 Å². The Hall–Kier alpha value is -1.75. The van der Waals surface area contributed by atoms with Crippen LogP contribution in [0.4, 0.5) is 4.39 Å². The van der Waals surface area contributed by atoms with E-state index < -0.39 is 11.8 Å². The Morgan fingerprint density at radius 1 is 1.00 bits per heavy atom. The van der Waals surface area contributed by atoms with Crippen LogP contribution >= 0.6 is 0 Å². The normalized spacial score (nSPS) is 10.1. The third-order valence-electron chi connectivity index (χ3n) is 2.72. The van der Waals surface area contributed by atoms with Crippen molar-refractivity contribution in [1.82, 2.24) is 0 Å². The molecule has 2 rings (SSSR count). The Labute approximate surface area is 143 Å². The van der Waals surface area contributed by atoms with Crippen molar-refractivity contribution in [3.05, 3.63) is 77.1 Å². The van der Waals surface area contributed by atoms with Crippen LogP contribution in [0.5, 0.6) is 0 Å². The van der Waals surface area contributed by atoms with E-state index >= 15 is 0 Å². The van der Waals surface area contributed by atoms with Gasteiger partial charge >= 0.3 is 29.6 Å². The molecule has 3 nitrogen and oxygen atoms in total. The summed E-state index contributed by atoms with van der Waals surface area (Å²) in [5.74, 6) is -2.06. The second-order valence-corrected chi connectivity index (χ2v) is 4.08. The number of carbonyl (C=O) groups is 2. The average Bonchev–Trinajstić information content (AvgIpc) is 2.45. The van der Waals surface area contributed by atoms with E-state index in [4.69, 9.17) is 0 Å². The summed E-state index contributed by atoms with van der Waals surface area (Å²) in [5.41, 5.74) is 0.715. The van der Waals surface area contributed by atoms with Gasteiger partial charge in [-0.2, -0.15) is 0 Å². The van der Waals surface area contributed by atoms with E-state index in [0.717, 1.165) is 0 Å². The van der Waals surface area contributed by atoms with Gasteiger partial charge in [0.15, 0.2) is 5.78 Å². The van der Waals surface area contributed by atoms with Gasteiger partial charge in [-0.3, -0.25) is 4.79 Å². The number of carboxylic acids is 1. The summed E-state index contributed by atoms with van der Waals surface area (Å²) in [6.45, 7) is 0. The van der Waals surface area contributed by atoms with E-state index in [1.807, 2.05) is 0 Å². The molecule has 5 heteroatoms. The zero-order valence-corrected chi connectivity index (χ0v) is 13.4. The minimum Gasteiger partial charge on any atom is -0.545 e. The minimum absolute atomic E-state index is 0. The van der Waals surface area contributed by atoms with Crippen LogP contribution in [-0.4, -0.2) is 11.8 Å². The average molecular weight is 292 g/mol. The second kappa shape index (κ2) is 7.88. The van der Waals surface area contributed by atoms with E-state index in [1.165, 1.54) is 42.5 Å². The molecule has 0 spiro atoms. The van der Waals surface area contributed by atoms with E-state index in [0.29, 0.717) is 11.1 Å². The third kappa shape index (κ3) is 4.63. The molecule has 0 fully saturated rings. The fourth-order valence-corrected chi connectivity index (χ4v) is 1.70. The number of hydrogen-bond donors (Lipinski definition) is 0. The number of hydrogen-bond acceptors (Lipinski definition) is 3. The van der Waals surface area contributed by atoms with Crippen LogP contribution in [0.25, 0.3) is 6.08 Å². The molecule has 0 atom stereocenters. The van der Waals surface area contributed by atoms with Gasteiger partial charge in [-0.05, 0) is 35.9 Å². The number of carbonyl (C=O) groups excluding carboxylic acids is 2. The van der Waals surface area contributed by atoms with Crippen molar-refractivity contribution < 1.29 is 48.6 Å². The van der Waals surface area contributed by atoms with Gasteiger partial charge in [-0.1, -0.05) is 30.3 Å². The molecule has 0 aliphatic carbocycles. The topological polar surface area (TPSA) is 57.2 Å². The van der Waals surface area contributed by atoms with E-state index in [1.54, 1.807) is 18.2 Å². The summed E-state index contributed by atoms with van der Waals surface area (Å²) in [7, 11) is 0. The quantitative estimate of drug-likeness (QED) is 0.416. The smallest absolute Gasteiger partial charge is 0.545 e. The van der Waals surface area contributed by atoms with Crippen molar-refractivity contribution >= 4 is 17.8 Å². The summed E-state index contributed by atoms with van der Waals surface area (Å²) in [5, 5.41) is 10.9. The van der Waals surface area contributed by atoms with Crippen molar-refractivity contribution in [2.24, 2.45) is 0 Å². The molecule has 0 radical (unpaired) electrons. The third-order valence-corrected chi connectivity index (χ3v) is 2.72. The molecule has 0 aromatic heterocycles. The Kier molecular flexibility index (Phi) is 6.49. The summed E-state index contributed by atoms with van der Waals surface area (Å²) in [4.78, 5) is 22.7. The maximum absolute atomic E-state index is 12.7. The van der Waals surface area contributed by atoms with Crippen LogP contribution in [0.1, 0.15) is 26.3 Å². The van der Waals surface area contributed by atoms with Crippen LogP contribution in [0, 0.1) is 5.82 Å². The van der Waals surface area contributed by atoms with E-state index in [-0.39, 0.29) is 40.9 Å². The first-order valence-corrected chi connectivity index (χ1v) is 5.86. The zero-order chi connectivity index (χ0) is 14.5. The van der Waals surface area contributed by atoms with Crippen LogP contribution in [0.15, 0.2) is 54.6 Å². The molecule has 0 N–H and O–H groups in total. The fourth-order valence-electron chi connectivity index (χ4n) is 1.70. The molecule has 0 saturated carbocycles. The molecule has 0 amide bonds. The predicted octanol–water partition coefficient (Wildman–Crippen LogP) is -0.911. The fraction of sp³-hybridized carbons (Fsp3) is 0. The Balaban J connectivity index is 0.00000220. The Morgan fingerprint density at radius 2 is 1.62 bits per heavy atom. The maximum Gasteiger partial charge on any atom is 1.00 e. The number of ketones is 1. The number of rotatable bonds is 4. The van der Waals surface area contributed by atoms with Gasteiger partial charge in [-0.15, -0.1) is 0 Å². The van der Waals surface area contributed by atoms with Gasteiger partial charge < -0.3 is 9.90 Å². The summed E-state index contributed by atoms with van der Waals surface area (Å²) in [6.07, 6.45) is 2.64. The van der Waals surface area contributed by atoms with Gasteiger partial charge in [0.1, 0.15) is 5.82 Å². The van der Waals surface area contributed by atoms with Gasteiger partial charge in [0.25, 0.3) is 0 Å². The Morgan fingerprint density at radius 3 is 2.24 bits per heavy atom. The van der Waals surface area contributed by atoms with Crippen molar-refractivity contribution in [1.29, 1.82) is 0 Å². The molecular formula is C16H10FNaO3. The first-order chi connectivity index (χ1) is 9.58. The molecule has 100 valence electrons. The van der Waals surface area contributed by atoms with Crippen LogP contribution < -0.4 is 34.7 Å². The standard InChI is InChI=1S/C16H11FO3.Na/c17-13-8-5-12(6-9-13)15(18)10-7-11-3-1-2-4-14(11)16(19)20;/h1-10H,(H,19,20);/q;+1/p-1/b10-7+;. The second-order valence-electron chi connectivity index (χ2n) is 4.08. The van der Waals surface area contributed by atoms with Crippen molar-refractivity contribution in [3.63, 3.8) is 0 Å². The Bertz CT molecular complexity index is 678. The van der Waals surface area contributed by atoms with E-state index in [9.17, 15) is 19.1 Å². The largest absolute Gasteiger partial charge is 1.00 e. The van der Waals surface area contributed by atoms with E-state index in [2.05, 4.69) is 0 Å². The molecule has 21 heavy (non-hydrogen) atoms. The SMILES string of the molecule is O=C(/C=C/c1ccccc1C(=O)[O-])c1ccc(F)cc1.[Na+]. The number of aromatic carboxylic acids is 1. The number of allylic oxidation sites excluding steroid dienone is 1. The number of benzene rings is 2. The van der Waals surface area contributed by atoms with Gasteiger partial charge in [0, 0.05) is 11.1 Å². The van der Waals surface area contributed by atoms with Crippen molar-refractivity contribution in [2.45, 2.75) is 0 Å². The molecule has 0 aliphatic heterocycles. The minimum atomic E-state index is -1.31. The van der Waals surface area contributed by atoms with Crippen LogP contribution in [0.2, 0.25) is 0 Å². The molecular weight excluding hydrogens is 282 g/mol. The summed E-state index contributed by atoms with van der Waals surface area (Å²) >= 11 is 0. The molecule has 0 unspecified atom stereocenters. The zero-order valence-electron chi connectivity index (χ0n) is 11.4. The monoisotopic (exact) mass is 292 g/mol. The number of carboxylic acid groups (broad SMARTS) is 1. The summed E-state index contributed by atoms with van der Waals surface area (Å²) < 4.78 is 12.7. The van der Waals surface area contributed by atoms with Gasteiger partial charge in [-0.25, -0.2) is 4.39 Å². The number of halogens is 1. The first kappa shape index (κ1) is 17.3. The molecule has 0 saturated heterocycles. The molecule has 2 aromatic rings. The van der Waals surface area contributed by atoms with Crippen LogP contribution in [-0.2, 0) is 0 Å². The molecule has 0 bridgehead atoms. The first-order valence-electron chi connectivity index (χ1n) is 5.86. The van der Waals surface area contributed by atoms with Gasteiger partial charge in [0.2, 0.25) is 0 Å². The molecule has 2 aromatic carbocycles. The predicted molar refractivity (Wildman–Crippen MR) is 70.5 cm³/mol. The molecule has 0 heterocycles. The van der Waals surface area contributed by atoms with Crippen molar-refractivity contribution in [3.8, 4) is 0 Å². The maximum atomic E-state index is 12.7. The summed E-state index contributed by atoms with van der Waals surface area (Å²) in [6, 6.07) is 11.3. The van der Waals surface area contributed by atoms with Gasteiger partial charge in [0.05, 0.1) is 5.97 Å². The van der Waals surface area contributed by atoms with Crippen molar-refractivity contribution in [2.75, 3.05) is 0 Å². The molecule has 0 aliphatic rings.